The number of rotatable bonds is 6. The summed E-state index contributed by atoms with van der Waals surface area (Å²) in [5, 5.41) is 21.2. The van der Waals surface area contributed by atoms with Gasteiger partial charge in [-0.25, -0.2) is 0 Å². The summed E-state index contributed by atoms with van der Waals surface area (Å²) >= 11 is 0. The van der Waals surface area contributed by atoms with E-state index in [2.05, 4.69) is 5.32 Å². The highest BCUT2D eigenvalue weighted by atomic mass is 16.4. The van der Waals surface area contributed by atoms with Gasteiger partial charge >= 0.3 is 5.97 Å². The number of aliphatic hydroxyl groups excluding tert-OH is 1. The lowest BCUT2D eigenvalue weighted by Crippen LogP contribution is -2.43. The van der Waals surface area contributed by atoms with Crippen LogP contribution < -0.4 is 5.32 Å². The van der Waals surface area contributed by atoms with Crippen molar-refractivity contribution in [3.63, 3.8) is 0 Å². The third-order valence-corrected chi connectivity index (χ3v) is 3.77. The molecule has 0 saturated heterocycles. The van der Waals surface area contributed by atoms with Gasteiger partial charge in [0.2, 0.25) is 5.91 Å². The third-order valence-electron chi connectivity index (χ3n) is 3.77. The fraction of sp³-hybridized carbons (Fsp3) is 0.857. The van der Waals surface area contributed by atoms with Crippen molar-refractivity contribution >= 4 is 11.9 Å². The molecule has 4 atom stereocenters. The molecule has 2 unspecified atom stereocenters. The topological polar surface area (TPSA) is 86.6 Å². The van der Waals surface area contributed by atoms with Gasteiger partial charge in [0.05, 0.1) is 24.5 Å². The van der Waals surface area contributed by atoms with Gasteiger partial charge in [-0.05, 0) is 31.1 Å². The SMILES string of the molecule is CC(C)CC(CO)NC(=O)[C@H]1CC(C)C[C@H]1C(=O)O. The van der Waals surface area contributed by atoms with Gasteiger partial charge in [0.25, 0.3) is 0 Å². The van der Waals surface area contributed by atoms with Crippen LogP contribution in [0, 0.1) is 23.7 Å². The van der Waals surface area contributed by atoms with Crippen molar-refractivity contribution in [3.8, 4) is 0 Å². The number of carboxylic acids is 1. The van der Waals surface area contributed by atoms with Crippen molar-refractivity contribution in [1.29, 1.82) is 0 Å². The van der Waals surface area contributed by atoms with Gasteiger partial charge in [0.1, 0.15) is 0 Å². The monoisotopic (exact) mass is 271 g/mol. The summed E-state index contributed by atoms with van der Waals surface area (Å²) in [7, 11) is 0. The minimum atomic E-state index is -0.895. The smallest absolute Gasteiger partial charge is 0.307 e. The highest BCUT2D eigenvalue weighted by Crippen LogP contribution is 2.36. The van der Waals surface area contributed by atoms with Gasteiger partial charge in [0, 0.05) is 0 Å². The maximum Gasteiger partial charge on any atom is 0.307 e. The van der Waals surface area contributed by atoms with Gasteiger partial charge in [-0.15, -0.1) is 0 Å². The molecule has 1 aliphatic carbocycles. The normalized spacial score (nSPS) is 28.4. The lowest BCUT2D eigenvalue weighted by Gasteiger charge is -2.22. The minimum absolute atomic E-state index is 0.107. The van der Waals surface area contributed by atoms with Crippen LogP contribution in [0.4, 0.5) is 0 Å². The Morgan fingerprint density at radius 2 is 1.84 bits per heavy atom. The Bertz CT molecular complexity index is 329. The fourth-order valence-corrected chi connectivity index (χ4v) is 2.91. The highest BCUT2D eigenvalue weighted by molar-refractivity contribution is 5.85. The number of aliphatic carboxylic acids is 1. The molecule has 3 N–H and O–H groups in total. The van der Waals surface area contributed by atoms with Crippen molar-refractivity contribution < 1.29 is 19.8 Å². The van der Waals surface area contributed by atoms with E-state index in [1.165, 1.54) is 0 Å². The molecule has 1 aliphatic rings. The van der Waals surface area contributed by atoms with E-state index in [9.17, 15) is 14.7 Å². The summed E-state index contributed by atoms with van der Waals surface area (Å²) in [5.74, 6) is -1.54. The van der Waals surface area contributed by atoms with Crippen molar-refractivity contribution in [2.45, 2.75) is 46.1 Å². The van der Waals surface area contributed by atoms with Crippen LogP contribution in [0.5, 0.6) is 0 Å². The first-order valence-corrected chi connectivity index (χ1v) is 6.99. The Balaban J connectivity index is 2.63. The van der Waals surface area contributed by atoms with Crippen molar-refractivity contribution in [1.82, 2.24) is 5.32 Å². The molecule has 0 radical (unpaired) electrons. The summed E-state index contributed by atoms with van der Waals surface area (Å²) in [6.07, 6.45) is 1.87. The predicted molar refractivity (Wildman–Crippen MR) is 71.5 cm³/mol. The zero-order valence-electron chi connectivity index (χ0n) is 11.9. The van der Waals surface area contributed by atoms with Crippen LogP contribution in [0.25, 0.3) is 0 Å². The number of carbonyl (C=O) groups excluding carboxylic acids is 1. The maximum atomic E-state index is 12.2. The first kappa shape index (κ1) is 16.0. The molecule has 0 aromatic rings. The van der Waals surface area contributed by atoms with Crippen LogP contribution in [0.2, 0.25) is 0 Å². The van der Waals surface area contributed by atoms with E-state index in [0.29, 0.717) is 25.2 Å². The quantitative estimate of drug-likeness (QED) is 0.678. The molecule has 0 bridgehead atoms. The zero-order chi connectivity index (χ0) is 14.6. The number of amides is 1. The van der Waals surface area contributed by atoms with E-state index in [1.54, 1.807) is 0 Å². The van der Waals surface area contributed by atoms with Gasteiger partial charge in [-0.2, -0.15) is 0 Å². The maximum absolute atomic E-state index is 12.2. The van der Waals surface area contributed by atoms with Crippen LogP contribution >= 0.6 is 0 Å². The molecule has 0 heterocycles. The van der Waals surface area contributed by atoms with Gasteiger partial charge in [-0.1, -0.05) is 20.8 Å². The Hall–Kier alpha value is -1.10. The Labute approximate surface area is 114 Å². The zero-order valence-corrected chi connectivity index (χ0v) is 11.9. The number of carbonyl (C=O) groups is 2. The Kier molecular flexibility index (Phi) is 5.79. The largest absolute Gasteiger partial charge is 0.481 e. The van der Waals surface area contributed by atoms with Crippen LogP contribution in [-0.2, 0) is 9.59 Å². The van der Waals surface area contributed by atoms with E-state index < -0.39 is 17.8 Å². The summed E-state index contributed by atoms with van der Waals surface area (Å²) in [6.45, 7) is 5.91. The van der Waals surface area contributed by atoms with Gasteiger partial charge in [-0.3, -0.25) is 9.59 Å². The second-order valence-electron chi connectivity index (χ2n) is 6.15. The van der Waals surface area contributed by atoms with E-state index in [0.717, 1.165) is 0 Å². The molecule has 19 heavy (non-hydrogen) atoms. The van der Waals surface area contributed by atoms with Crippen molar-refractivity contribution in [2.75, 3.05) is 6.61 Å². The van der Waals surface area contributed by atoms with Gasteiger partial charge < -0.3 is 15.5 Å². The first-order valence-electron chi connectivity index (χ1n) is 6.99. The average molecular weight is 271 g/mol. The first-order chi connectivity index (χ1) is 8.85. The Morgan fingerprint density at radius 1 is 1.26 bits per heavy atom. The molecule has 0 spiro atoms. The van der Waals surface area contributed by atoms with Crippen molar-refractivity contribution in [3.05, 3.63) is 0 Å². The summed E-state index contributed by atoms with van der Waals surface area (Å²) < 4.78 is 0. The Morgan fingerprint density at radius 3 is 2.32 bits per heavy atom. The number of nitrogens with one attached hydrogen (secondary N) is 1. The standard InChI is InChI=1S/C14H25NO4/c1-8(2)4-10(7-16)15-13(17)11-5-9(3)6-12(11)14(18)19/h8-12,16H,4-7H2,1-3H3,(H,15,17)(H,18,19)/t9?,10?,11-,12+/m0/s1. The molecule has 0 aromatic heterocycles. The van der Waals surface area contributed by atoms with E-state index in [4.69, 9.17) is 5.11 Å². The number of hydrogen-bond donors (Lipinski definition) is 3. The molecule has 1 amide bonds. The summed E-state index contributed by atoms with van der Waals surface area (Å²) in [4.78, 5) is 23.3. The molecule has 5 nitrogen and oxygen atoms in total. The molecule has 1 saturated carbocycles. The van der Waals surface area contributed by atoms with E-state index in [-0.39, 0.29) is 24.5 Å². The molecule has 110 valence electrons. The number of aliphatic hydroxyl groups is 1. The molecular formula is C14H25NO4. The minimum Gasteiger partial charge on any atom is -0.481 e. The summed E-state index contributed by atoms with van der Waals surface area (Å²) in [6, 6.07) is -0.280. The predicted octanol–water partition coefficient (Wildman–Crippen LogP) is 1.26. The second-order valence-corrected chi connectivity index (χ2v) is 6.15. The molecule has 1 fully saturated rings. The van der Waals surface area contributed by atoms with E-state index >= 15 is 0 Å². The average Bonchev–Trinajstić information content (AvgIpc) is 2.70. The van der Waals surface area contributed by atoms with Crippen LogP contribution in [0.3, 0.4) is 0 Å². The van der Waals surface area contributed by atoms with E-state index in [1.807, 2.05) is 20.8 Å². The molecule has 5 heteroatoms. The third kappa shape index (κ3) is 4.49. The molecular weight excluding hydrogens is 246 g/mol. The number of carboxylic acid groups (broad SMARTS) is 1. The molecule has 1 rings (SSSR count). The summed E-state index contributed by atoms with van der Waals surface area (Å²) in [5.41, 5.74) is 0. The molecule has 0 aromatic carbocycles. The van der Waals surface area contributed by atoms with Gasteiger partial charge in [0.15, 0.2) is 0 Å². The lowest BCUT2D eigenvalue weighted by atomic mass is 9.94. The van der Waals surface area contributed by atoms with Crippen LogP contribution in [0.1, 0.15) is 40.0 Å². The van der Waals surface area contributed by atoms with Crippen LogP contribution in [-0.4, -0.2) is 34.7 Å². The lowest BCUT2D eigenvalue weighted by molar-refractivity contribution is -0.146. The number of hydrogen-bond acceptors (Lipinski definition) is 3. The fourth-order valence-electron chi connectivity index (χ4n) is 2.91. The highest BCUT2D eigenvalue weighted by Gasteiger charge is 2.41. The van der Waals surface area contributed by atoms with Crippen molar-refractivity contribution in [2.24, 2.45) is 23.7 Å². The second kappa shape index (κ2) is 6.89. The molecule has 0 aliphatic heterocycles. The van der Waals surface area contributed by atoms with Crippen LogP contribution in [0.15, 0.2) is 0 Å².